The van der Waals surface area contributed by atoms with E-state index >= 15 is 0 Å². The average molecular weight is 290 g/mol. The molecule has 21 heavy (non-hydrogen) atoms. The van der Waals surface area contributed by atoms with Crippen LogP contribution in [0.5, 0.6) is 0 Å². The Labute approximate surface area is 127 Å². The molecule has 0 spiro atoms. The second kappa shape index (κ2) is 7.67. The number of rotatable bonds is 4. The first-order valence-electron chi connectivity index (χ1n) is 8.36. The van der Waals surface area contributed by atoms with Crippen LogP contribution in [0.2, 0.25) is 0 Å². The van der Waals surface area contributed by atoms with Crippen LogP contribution in [0.1, 0.15) is 64.7 Å². The summed E-state index contributed by atoms with van der Waals surface area (Å²) in [5, 5.41) is 0. The molecule has 0 aromatic carbocycles. The van der Waals surface area contributed by atoms with Gasteiger partial charge in [-0.1, -0.05) is 19.1 Å². The van der Waals surface area contributed by atoms with E-state index in [9.17, 15) is 14.4 Å². The molecule has 0 radical (unpaired) electrons. The van der Waals surface area contributed by atoms with E-state index in [0.29, 0.717) is 31.6 Å². The molecule has 2 rings (SSSR count). The van der Waals surface area contributed by atoms with Crippen molar-refractivity contribution in [1.29, 1.82) is 0 Å². The number of hydrogen-bond donors (Lipinski definition) is 0. The summed E-state index contributed by atoms with van der Waals surface area (Å²) in [6, 6.07) is 0. The van der Waals surface area contributed by atoms with Crippen molar-refractivity contribution in [3.05, 3.63) is 12.2 Å². The molecule has 0 amide bonds. The summed E-state index contributed by atoms with van der Waals surface area (Å²) in [7, 11) is 0. The van der Waals surface area contributed by atoms with Gasteiger partial charge < -0.3 is 0 Å². The third-order valence-electron chi connectivity index (χ3n) is 4.87. The summed E-state index contributed by atoms with van der Waals surface area (Å²) in [6.45, 7) is 1.90. The molecule has 0 heterocycles. The minimum atomic E-state index is -0.936. The zero-order chi connectivity index (χ0) is 15.2. The maximum absolute atomic E-state index is 12.3. The minimum Gasteiger partial charge on any atom is -0.298 e. The van der Waals surface area contributed by atoms with E-state index in [1.807, 2.05) is 6.92 Å². The van der Waals surface area contributed by atoms with Crippen LogP contribution in [0.25, 0.3) is 0 Å². The minimum absolute atomic E-state index is 0.118. The largest absolute Gasteiger partial charge is 0.298 e. The van der Waals surface area contributed by atoms with Crippen molar-refractivity contribution in [3.8, 4) is 0 Å². The van der Waals surface area contributed by atoms with Crippen LogP contribution in [0.3, 0.4) is 0 Å². The number of allylic oxidation sites excluding steroid dienone is 2. The monoisotopic (exact) mass is 290 g/mol. The third kappa shape index (κ3) is 4.12. The van der Waals surface area contributed by atoms with Gasteiger partial charge in [0, 0.05) is 19.3 Å². The van der Waals surface area contributed by atoms with E-state index in [0.717, 1.165) is 32.1 Å². The Balaban J connectivity index is 2.00. The Hall–Kier alpha value is -1.25. The van der Waals surface area contributed by atoms with Gasteiger partial charge in [-0.3, -0.25) is 14.4 Å². The highest BCUT2D eigenvalue weighted by Gasteiger charge is 2.41. The lowest BCUT2D eigenvalue weighted by Crippen LogP contribution is -2.40. The van der Waals surface area contributed by atoms with Crippen molar-refractivity contribution in [3.63, 3.8) is 0 Å². The van der Waals surface area contributed by atoms with E-state index in [4.69, 9.17) is 0 Å². The average Bonchev–Trinajstić information content (AvgIpc) is 2.37. The molecular formula is C18H26O3. The lowest BCUT2D eigenvalue weighted by molar-refractivity contribution is -0.144. The van der Waals surface area contributed by atoms with Crippen molar-refractivity contribution < 1.29 is 14.4 Å². The van der Waals surface area contributed by atoms with Gasteiger partial charge in [-0.05, 0) is 50.4 Å². The van der Waals surface area contributed by atoms with Crippen molar-refractivity contribution in [2.24, 2.45) is 17.8 Å². The van der Waals surface area contributed by atoms with Crippen LogP contribution in [0.4, 0.5) is 0 Å². The SMILES string of the molecule is CCCC(=O)C1C(=O)CC(C2CC/C=C/CCC2)CC1=O. The van der Waals surface area contributed by atoms with Gasteiger partial charge >= 0.3 is 0 Å². The Bertz CT molecular complexity index is 418. The van der Waals surface area contributed by atoms with E-state index in [1.54, 1.807) is 0 Å². The van der Waals surface area contributed by atoms with Crippen molar-refractivity contribution in [2.75, 3.05) is 0 Å². The van der Waals surface area contributed by atoms with Crippen LogP contribution in [0.15, 0.2) is 12.2 Å². The number of carbonyl (C=O) groups excluding carboxylic acids is 3. The molecule has 1 atom stereocenters. The van der Waals surface area contributed by atoms with E-state index in [2.05, 4.69) is 12.2 Å². The third-order valence-corrected chi connectivity index (χ3v) is 4.87. The zero-order valence-electron chi connectivity index (χ0n) is 13.0. The molecule has 0 aromatic heterocycles. The van der Waals surface area contributed by atoms with E-state index in [1.165, 1.54) is 0 Å². The molecule has 116 valence electrons. The molecule has 2 aliphatic carbocycles. The van der Waals surface area contributed by atoms with Crippen molar-refractivity contribution in [1.82, 2.24) is 0 Å². The number of Topliss-reactive ketones (excluding diaryl/α,β-unsaturated/α-hetero) is 3. The fraction of sp³-hybridized carbons (Fsp3) is 0.722. The predicted molar refractivity (Wildman–Crippen MR) is 81.9 cm³/mol. The topological polar surface area (TPSA) is 51.2 Å². The Kier molecular flexibility index (Phi) is 5.89. The van der Waals surface area contributed by atoms with Gasteiger partial charge in [-0.25, -0.2) is 0 Å². The van der Waals surface area contributed by atoms with Gasteiger partial charge in [0.2, 0.25) is 0 Å². The van der Waals surface area contributed by atoms with E-state index < -0.39 is 5.92 Å². The summed E-state index contributed by atoms with van der Waals surface area (Å²) in [6.07, 6.45) is 11.8. The van der Waals surface area contributed by atoms with Crippen LogP contribution in [-0.4, -0.2) is 17.3 Å². The molecule has 1 unspecified atom stereocenters. The summed E-state index contributed by atoms with van der Waals surface area (Å²) in [5.41, 5.74) is 0. The van der Waals surface area contributed by atoms with Gasteiger partial charge in [-0.2, -0.15) is 0 Å². The highest BCUT2D eigenvalue weighted by molar-refractivity contribution is 6.20. The van der Waals surface area contributed by atoms with Gasteiger partial charge in [0.05, 0.1) is 0 Å². The predicted octanol–water partition coefficient (Wildman–Crippen LogP) is 3.66. The first kappa shape index (κ1) is 16.1. The van der Waals surface area contributed by atoms with Crippen LogP contribution in [0, 0.1) is 17.8 Å². The fourth-order valence-corrected chi connectivity index (χ4v) is 3.75. The van der Waals surface area contributed by atoms with Gasteiger partial charge in [-0.15, -0.1) is 0 Å². The summed E-state index contributed by atoms with van der Waals surface area (Å²) in [5.74, 6) is -0.701. The number of hydrogen-bond acceptors (Lipinski definition) is 3. The molecule has 1 fully saturated rings. The van der Waals surface area contributed by atoms with Crippen molar-refractivity contribution >= 4 is 17.3 Å². The molecule has 0 saturated heterocycles. The summed E-state index contributed by atoms with van der Waals surface area (Å²) >= 11 is 0. The van der Waals surface area contributed by atoms with Crippen LogP contribution >= 0.6 is 0 Å². The molecule has 3 heteroatoms. The lowest BCUT2D eigenvalue weighted by atomic mass is 9.70. The lowest BCUT2D eigenvalue weighted by Gasteiger charge is -2.32. The Morgan fingerprint density at radius 2 is 1.71 bits per heavy atom. The first-order chi connectivity index (χ1) is 10.1. The highest BCUT2D eigenvalue weighted by atomic mass is 16.2. The molecule has 0 aromatic rings. The summed E-state index contributed by atoms with van der Waals surface area (Å²) < 4.78 is 0. The van der Waals surface area contributed by atoms with Crippen molar-refractivity contribution in [2.45, 2.75) is 64.7 Å². The summed E-state index contributed by atoms with van der Waals surface area (Å²) in [4.78, 5) is 36.5. The molecule has 0 N–H and O–H groups in total. The number of ketones is 3. The fourth-order valence-electron chi connectivity index (χ4n) is 3.75. The van der Waals surface area contributed by atoms with Gasteiger partial charge in [0.25, 0.3) is 0 Å². The van der Waals surface area contributed by atoms with Gasteiger partial charge in [0.15, 0.2) is 17.3 Å². The Morgan fingerprint density at radius 3 is 2.38 bits per heavy atom. The van der Waals surface area contributed by atoms with Crippen LogP contribution < -0.4 is 0 Å². The zero-order valence-corrected chi connectivity index (χ0v) is 13.0. The van der Waals surface area contributed by atoms with Crippen LogP contribution in [-0.2, 0) is 14.4 Å². The first-order valence-corrected chi connectivity index (χ1v) is 8.36. The Morgan fingerprint density at radius 1 is 1.05 bits per heavy atom. The quantitative estimate of drug-likeness (QED) is 0.586. The smallest absolute Gasteiger partial charge is 0.151 e. The highest BCUT2D eigenvalue weighted by Crippen LogP contribution is 2.36. The normalized spacial score (nSPS) is 32.3. The maximum Gasteiger partial charge on any atom is 0.151 e. The molecular weight excluding hydrogens is 264 g/mol. The molecule has 2 aliphatic rings. The molecule has 0 aliphatic heterocycles. The van der Waals surface area contributed by atoms with E-state index in [-0.39, 0.29) is 23.3 Å². The second-order valence-electron chi connectivity index (χ2n) is 6.49. The van der Waals surface area contributed by atoms with Gasteiger partial charge in [0.1, 0.15) is 5.92 Å². The molecule has 0 bridgehead atoms. The maximum atomic E-state index is 12.3. The number of carbonyl (C=O) groups is 3. The molecule has 1 saturated carbocycles. The second-order valence-corrected chi connectivity index (χ2v) is 6.49. The standard InChI is InChI=1S/C18H26O3/c1-2-8-15(19)18-16(20)11-14(12-17(18)21)13-9-6-4-3-5-7-10-13/h3-4,13-14,18H,2,5-12H2,1H3/b4-3+. The molecule has 3 nitrogen and oxygen atoms in total.